The van der Waals surface area contributed by atoms with Crippen LogP contribution in [0.15, 0.2) is 65.1 Å². The Kier molecular flexibility index (Phi) is 9.77. The lowest BCUT2D eigenvalue weighted by Crippen LogP contribution is -2.42. The molecular weight excluding hydrogens is 538 g/mol. The number of allylic oxidation sites excluding steroid dienone is 1. The third-order valence-electron chi connectivity index (χ3n) is 6.39. The van der Waals surface area contributed by atoms with Crippen molar-refractivity contribution in [3.05, 3.63) is 81.3 Å². The summed E-state index contributed by atoms with van der Waals surface area (Å²) in [5.41, 5.74) is 9.51. The molecule has 2 aromatic carbocycles. The Balaban J connectivity index is 2.35. The number of carbonyl (C=O) groups is 3. The van der Waals surface area contributed by atoms with Crippen molar-refractivity contribution in [3.8, 4) is 11.8 Å². The van der Waals surface area contributed by atoms with E-state index >= 15 is 0 Å². The van der Waals surface area contributed by atoms with E-state index < -0.39 is 23.8 Å². The van der Waals surface area contributed by atoms with Gasteiger partial charge in [0, 0.05) is 19.2 Å². The number of anilines is 1. The molecule has 3 rings (SSSR count). The smallest absolute Gasteiger partial charge is 0.355 e. The Bertz CT molecular complexity index is 1410. The van der Waals surface area contributed by atoms with E-state index in [0.717, 1.165) is 19.1 Å². The number of methoxy groups -OCH3 is 3. The Morgan fingerprint density at radius 2 is 1.70 bits per heavy atom. The van der Waals surface area contributed by atoms with Crippen LogP contribution in [-0.2, 0) is 19.1 Å². The molecule has 1 aliphatic heterocycles. The maximum absolute atomic E-state index is 13.3. The molecule has 0 saturated carbocycles. The van der Waals surface area contributed by atoms with Gasteiger partial charge in [-0.2, -0.15) is 5.26 Å². The highest BCUT2D eigenvalue weighted by atomic mass is 35.5. The first-order chi connectivity index (χ1) is 19.2. The van der Waals surface area contributed by atoms with Crippen LogP contribution in [0, 0.1) is 11.3 Å². The average molecular weight is 568 g/mol. The van der Waals surface area contributed by atoms with Crippen molar-refractivity contribution in [1.29, 1.82) is 5.26 Å². The summed E-state index contributed by atoms with van der Waals surface area (Å²) in [6, 6.07) is 13.4. The highest BCUT2D eigenvalue weighted by Gasteiger charge is 2.43. The second-order valence-corrected chi connectivity index (χ2v) is 8.86. The molecule has 0 aromatic heterocycles. The lowest BCUT2D eigenvalue weighted by atomic mass is 9.81. The molecule has 3 N–H and O–H groups in total. The topological polar surface area (TPSA) is 147 Å². The number of halogens is 1. The Morgan fingerprint density at radius 1 is 1.07 bits per heavy atom. The molecule has 1 unspecified atom stereocenters. The Hall–Kier alpha value is -4.53. The quantitative estimate of drug-likeness (QED) is 0.342. The van der Waals surface area contributed by atoms with Gasteiger partial charge in [-0.25, -0.2) is 14.6 Å². The molecule has 0 radical (unpaired) electrons. The standard InChI is InChI=1S/C28H30ClN5O6/c1-6-33(7-2)32-26(35)17-13-19(29)20(14-21(17)38-3)34-24(28(37)40-5)23(27(36)39-4)22(18(15-30)25(34)31)16-11-9-8-10-12-16/h8-14,22H,6-7,31H2,1-5H3,(H,32,35). The predicted octanol–water partition coefficient (Wildman–Crippen LogP) is 3.23. The molecule has 1 atom stereocenters. The normalized spacial score (nSPS) is 15.1. The van der Waals surface area contributed by atoms with Crippen LogP contribution in [0.25, 0.3) is 0 Å². The number of nitrogens with two attached hydrogens (primary N) is 1. The summed E-state index contributed by atoms with van der Waals surface area (Å²) in [5, 5.41) is 11.9. The van der Waals surface area contributed by atoms with Gasteiger partial charge in [0.05, 0.1) is 60.7 Å². The average Bonchev–Trinajstić information content (AvgIpc) is 2.98. The van der Waals surface area contributed by atoms with E-state index in [0.29, 0.717) is 18.7 Å². The van der Waals surface area contributed by atoms with Crippen molar-refractivity contribution >= 4 is 35.1 Å². The number of nitrogens with zero attached hydrogens (tertiary/aromatic N) is 3. The lowest BCUT2D eigenvalue weighted by Gasteiger charge is -2.36. The zero-order valence-corrected chi connectivity index (χ0v) is 23.5. The minimum atomic E-state index is -1.04. The Morgan fingerprint density at radius 3 is 2.23 bits per heavy atom. The van der Waals surface area contributed by atoms with Crippen molar-refractivity contribution in [1.82, 2.24) is 10.4 Å². The van der Waals surface area contributed by atoms with Crippen molar-refractivity contribution in [3.63, 3.8) is 0 Å². The first-order valence-electron chi connectivity index (χ1n) is 12.3. The van der Waals surface area contributed by atoms with Crippen LogP contribution in [0.3, 0.4) is 0 Å². The third kappa shape index (κ3) is 5.59. The highest BCUT2D eigenvalue weighted by molar-refractivity contribution is 6.34. The summed E-state index contributed by atoms with van der Waals surface area (Å²) >= 11 is 6.68. The van der Waals surface area contributed by atoms with Gasteiger partial charge in [-0.1, -0.05) is 55.8 Å². The maximum Gasteiger partial charge on any atom is 0.355 e. The number of carbonyl (C=O) groups excluding carboxylic acids is 3. The molecule has 12 heteroatoms. The number of ether oxygens (including phenoxy) is 3. The molecule has 40 heavy (non-hydrogen) atoms. The second kappa shape index (κ2) is 13.0. The lowest BCUT2D eigenvalue weighted by molar-refractivity contribution is -0.139. The van der Waals surface area contributed by atoms with Crippen molar-refractivity contribution in [2.75, 3.05) is 39.3 Å². The van der Waals surface area contributed by atoms with E-state index in [1.54, 1.807) is 35.3 Å². The molecule has 0 spiro atoms. The molecule has 210 valence electrons. The molecule has 1 amide bonds. The number of hydrogen-bond acceptors (Lipinski definition) is 10. The summed E-state index contributed by atoms with van der Waals surface area (Å²) in [4.78, 5) is 40.7. The first kappa shape index (κ1) is 30.0. The van der Waals surface area contributed by atoms with Gasteiger partial charge in [-0.05, 0) is 11.6 Å². The molecule has 0 fully saturated rings. The van der Waals surface area contributed by atoms with Crippen molar-refractivity contribution in [2.24, 2.45) is 5.73 Å². The molecule has 1 aliphatic rings. The molecular formula is C28H30ClN5O6. The van der Waals surface area contributed by atoms with E-state index in [4.69, 9.17) is 31.5 Å². The number of benzene rings is 2. The minimum Gasteiger partial charge on any atom is -0.496 e. The van der Waals surface area contributed by atoms with E-state index in [-0.39, 0.29) is 44.7 Å². The number of hydrazine groups is 1. The number of nitrogens with one attached hydrogen (secondary N) is 1. The highest BCUT2D eigenvalue weighted by Crippen LogP contribution is 2.45. The zero-order chi connectivity index (χ0) is 29.6. The van der Waals surface area contributed by atoms with Crippen LogP contribution in [0.5, 0.6) is 5.75 Å². The number of hydrogen-bond donors (Lipinski definition) is 2. The fourth-order valence-corrected chi connectivity index (χ4v) is 4.66. The third-order valence-corrected chi connectivity index (χ3v) is 6.69. The zero-order valence-electron chi connectivity index (χ0n) is 22.8. The van der Waals surface area contributed by atoms with Crippen molar-refractivity contribution in [2.45, 2.75) is 19.8 Å². The van der Waals surface area contributed by atoms with Crippen LogP contribution in [0.1, 0.15) is 35.7 Å². The van der Waals surface area contributed by atoms with Gasteiger partial charge < -0.3 is 19.9 Å². The summed E-state index contributed by atoms with van der Waals surface area (Å²) in [6.45, 7) is 4.90. The number of rotatable bonds is 9. The van der Waals surface area contributed by atoms with E-state index in [1.807, 2.05) is 13.8 Å². The van der Waals surface area contributed by atoms with Crippen LogP contribution in [0.4, 0.5) is 5.69 Å². The summed E-state index contributed by atoms with van der Waals surface area (Å²) in [7, 11) is 3.66. The number of esters is 2. The second-order valence-electron chi connectivity index (χ2n) is 8.45. The number of nitriles is 1. The van der Waals surface area contributed by atoms with Crippen LogP contribution >= 0.6 is 11.6 Å². The van der Waals surface area contributed by atoms with Gasteiger partial charge in [0.15, 0.2) is 0 Å². The predicted molar refractivity (Wildman–Crippen MR) is 148 cm³/mol. The van der Waals surface area contributed by atoms with E-state index in [2.05, 4.69) is 11.5 Å². The largest absolute Gasteiger partial charge is 0.496 e. The molecule has 0 saturated heterocycles. The molecule has 11 nitrogen and oxygen atoms in total. The molecule has 0 aliphatic carbocycles. The number of amides is 1. The monoisotopic (exact) mass is 567 g/mol. The SMILES string of the molecule is CCN(CC)NC(=O)c1cc(Cl)c(N2C(N)=C(C#N)C(c3ccccc3)C(C(=O)OC)=C2C(=O)OC)cc1OC. The fourth-order valence-electron chi connectivity index (χ4n) is 4.41. The summed E-state index contributed by atoms with van der Waals surface area (Å²) < 4.78 is 15.6. The molecule has 2 aromatic rings. The van der Waals surface area contributed by atoms with Gasteiger partial charge in [-0.15, -0.1) is 0 Å². The first-order valence-corrected chi connectivity index (χ1v) is 12.7. The fraction of sp³-hybridized carbons (Fsp3) is 0.286. The van der Waals surface area contributed by atoms with Crippen molar-refractivity contribution < 1.29 is 28.6 Å². The van der Waals surface area contributed by atoms with Crippen LogP contribution in [0.2, 0.25) is 5.02 Å². The van der Waals surface area contributed by atoms with Gasteiger partial charge in [0.25, 0.3) is 5.91 Å². The maximum atomic E-state index is 13.3. The van der Waals surface area contributed by atoms with Crippen LogP contribution < -0.4 is 20.8 Å². The molecule has 0 bridgehead atoms. The van der Waals surface area contributed by atoms with Gasteiger partial charge >= 0.3 is 11.9 Å². The van der Waals surface area contributed by atoms with E-state index in [9.17, 15) is 19.6 Å². The Labute approximate surface area is 237 Å². The van der Waals surface area contributed by atoms with E-state index in [1.165, 1.54) is 19.2 Å². The van der Waals surface area contributed by atoms with Crippen LogP contribution in [-0.4, -0.2) is 57.3 Å². The molecule has 1 heterocycles. The summed E-state index contributed by atoms with van der Waals surface area (Å²) in [6.07, 6.45) is 0. The van der Waals surface area contributed by atoms with Gasteiger partial charge in [-0.3, -0.25) is 15.1 Å². The minimum absolute atomic E-state index is 0.0190. The van der Waals surface area contributed by atoms with Gasteiger partial charge in [0.1, 0.15) is 17.3 Å². The summed E-state index contributed by atoms with van der Waals surface area (Å²) in [5.74, 6) is -3.39. The van der Waals surface area contributed by atoms with Gasteiger partial charge in [0.2, 0.25) is 0 Å².